The molecule has 1 saturated carbocycles. The highest BCUT2D eigenvalue weighted by Gasteiger charge is 2.21. The Morgan fingerprint density at radius 1 is 1.32 bits per heavy atom. The maximum absolute atomic E-state index is 11.8. The predicted molar refractivity (Wildman–Crippen MR) is 75.2 cm³/mol. The molecule has 1 atom stereocenters. The Morgan fingerprint density at radius 3 is 2.89 bits per heavy atom. The van der Waals surface area contributed by atoms with E-state index in [9.17, 15) is 9.90 Å². The van der Waals surface area contributed by atoms with Crippen LogP contribution in [0.15, 0.2) is 41.3 Å². The van der Waals surface area contributed by atoms with E-state index in [0.29, 0.717) is 24.5 Å². The molecule has 0 bridgehead atoms. The molecule has 19 heavy (non-hydrogen) atoms. The molecular formula is C15H18N2O2. The highest BCUT2D eigenvalue weighted by atomic mass is 16.3. The van der Waals surface area contributed by atoms with Crippen molar-refractivity contribution in [2.75, 3.05) is 6.54 Å². The molecule has 0 radical (unpaired) electrons. The molecular weight excluding hydrogens is 240 g/mol. The maximum Gasteiger partial charge on any atom is 0.189 e. The van der Waals surface area contributed by atoms with E-state index in [2.05, 4.69) is 5.32 Å². The highest BCUT2D eigenvalue weighted by Crippen LogP contribution is 2.18. The van der Waals surface area contributed by atoms with E-state index in [1.54, 1.807) is 12.3 Å². The van der Waals surface area contributed by atoms with Gasteiger partial charge in [-0.05, 0) is 25.0 Å². The van der Waals surface area contributed by atoms with E-state index >= 15 is 0 Å². The topological polar surface area (TPSA) is 54.3 Å². The van der Waals surface area contributed by atoms with E-state index in [1.807, 2.05) is 28.8 Å². The van der Waals surface area contributed by atoms with Gasteiger partial charge in [-0.1, -0.05) is 12.1 Å². The molecule has 1 aliphatic carbocycles. The fourth-order valence-corrected chi connectivity index (χ4v) is 2.30. The summed E-state index contributed by atoms with van der Waals surface area (Å²) in [6.45, 7) is 1.10. The number of hydrogen-bond acceptors (Lipinski definition) is 3. The van der Waals surface area contributed by atoms with Crippen LogP contribution >= 0.6 is 0 Å². The van der Waals surface area contributed by atoms with Gasteiger partial charge in [0.1, 0.15) is 0 Å². The summed E-state index contributed by atoms with van der Waals surface area (Å²) >= 11 is 0. The summed E-state index contributed by atoms with van der Waals surface area (Å²) in [6, 6.07) is 9.66. The van der Waals surface area contributed by atoms with Crippen molar-refractivity contribution in [2.45, 2.75) is 31.5 Å². The molecule has 0 aliphatic heterocycles. The van der Waals surface area contributed by atoms with Crippen LogP contribution < -0.4 is 10.7 Å². The van der Waals surface area contributed by atoms with Gasteiger partial charge in [-0.2, -0.15) is 0 Å². The Balaban J connectivity index is 1.79. The second-order valence-corrected chi connectivity index (χ2v) is 5.19. The molecule has 0 saturated heterocycles. The number of nitrogens with one attached hydrogen (secondary N) is 1. The fourth-order valence-electron chi connectivity index (χ4n) is 2.30. The standard InChI is InChI=1S/C15H18N2O2/c18-12(9-16-11-5-6-11)10-17-8-7-15(19)13-3-1-2-4-14(13)17/h1-4,7-8,11-12,16,18H,5-6,9-10H2. The third-order valence-corrected chi connectivity index (χ3v) is 3.51. The van der Waals surface area contributed by atoms with Gasteiger partial charge in [-0.3, -0.25) is 4.79 Å². The van der Waals surface area contributed by atoms with Gasteiger partial charge >= 0.3 is 0 Å². The van der Waals surface area contributed by atoms with Crippen LogP contribution in [0.5, 0.6) is 0 Å². The van der Waals surface area contributed by atoms with Crippen LogP contribution in [0.3, 0.4) is 0 Å². The second kappa shape index (κ2) is 5.15. The van der Waals surface area contributed by atoms with Crippen molar-refractivity contribution in [3.8, 4) is 0 Å². The summed E-state index contributed by atoms with van der Waals surface area (Å²) in [5.41, 5.74) is 0.901. The number of fused-ring (bicyclic) bond motifs is 1. The third kappa shape index (κ3) is 2.85. The molecule has 3 rings (SSSR count). The van der Waals surface area contributed by atoms with Crippen LogP contribution in [0.25, 0.3) is 10.9 Å². The van der Waals surface area contributed by atoms with Crippen LogP contribution in [-0.4, -0.2) is 28.4 Å². The van der Waals surface area contributed by atoms with Gasteiger partial charge in [0.2, 0.25) is 0 Å². The third-order valence-electron chi connectivity index (χ3n) is 3.51. The number of para-hydroxylation sites is 1. The number of pyridine rings is 1. The van der Waals surface area contributed by atoms with Crippen molar-refractivity contribution in [3.05, 3.63) is 46.8 Å². The number of benzene rings is 1. The average Bonchev–Trinajstić information content (AvgIpc) is 3.24. The van der Waals surface area contributed by atoms with E-state index < -0.39 is 6.10 Å². The SMILES string of the molecule is O=c1ccn(CC(O)CNC2CC2)c2ccccc12. The summed E-state index contributed by atoms with van der Waals surface area (Å²) in [5, 5.41) is 14.1. The lowest BCUT2D eigenvalue weighted by molar-refractivity contribution is 0.152. The van der Waals surface area contributed by atoms with Crippen LogP contribution in [-0.2, 0) is 6.54 Å². The molecule has 2 N–H and O–H groups in total. The minimum absolute atomic E-state index is 0.0254. The lowest BCUT2D eigenvalue weighted by Gasteiger charge is -2.16. The molecule has 1 aromatic carbocycles. The van der Waals surface area contributed by atoms with Gasteiger partial charge in [0.05, 0.1) is 11.6 Å². The molecule has 1 aliphatic rings. The van der Waals surface area contributed by atoms with Crippen molar-refractivity contribution < 1.29 is 5.11 Å². The minimum atomic E-state index is -0.438. The zero-order valence-corrected chi connectivity index (χ0v) is 10.7. The lowest BCUT2D eigenvalue weighted by atomic mass is 10.2. The average molecular weight is 258 g/mol. The van der Waals surface area contributed by atoms with Crippen LogP contribution in [0.1, 0.15) is 12.8 Å². The Bertz CT molecular complexity index is 631. The first-order valence-electron chi connectivity index (χ1n) is 6.73. The quantitative estimate of drug-likeness (QED) is 0.845. The van der Waals surface area contributed by atoms with Gasteiger partial charge in [0, 0.05) is 36.8 Å². The number of hydrogen-bond donors (Lipinski definition) is 2. The first kappa shape index (κ1) is 12.4. The van der Waals surface area contributed by atoms with Gasteiger partial charge < -0.3 is 15.0 Å². The molecule has 1 aromatic heterocycles. The van der Waals surface area contributed by atoms with E-state index in [1.165, 1.54) is 12.8 Å². The van der Waals surface area contributed by atoms with Crippen molar-refractivity contribution in [1.29, 1.82) is 0 Å². The summed E-state index contributed by atoms with van der Waals surface area (Å²) in [7, 11) is 0. The Hall–Kier alpha value is -1.65. The van der Waals surface area contributed by atoms with E-state index in [4.69, 9.17) is 0 Å². The van der Waals surface area contributed by atoms with E-state index in [-0.39, 0.29) is 5.43 Å². The van der Waals surface area contributed by atoms with Crippen LogP contribution in [0.4, 0.5) is 0 Å². The normalized spacial score (nSPS) is 16.7. The summed E-state index contributed by atoms with van der Waals surface area (Å²) in [5.74, 6) is 0. The molecule has 4 heteroatoms. The van der Waals surface area contributed by atoms with Crippen molar-refractivity contribution >= 4 is 10.9 Å². The fraction of sp³-hybridized carbons (Fsp3) is 0.400. The van der Waals surface area contributed by atoms with E-state index in [0.717, 1.165) is 5.52 Å². The maximum atomic E-state index is 11.8. The van der Waals surface area contributed by atoms with Crippen LogP contribution in [0.2, 0.25) is 0 Å². The van der Waals surface area contributed by atoms with Gasteiger partial charge in [-0.15, -0.1) is 0 Å². The number of aliphatic hydroxyl groups is 1. The highest BCUT2D eigenvalue weighted by molar-refractivity contribution is 5.78. The van der Waals surface area contributed by atoms with Gasteiger partial charge in [0.25, 0.3) is 0 Å². The van der Waals surface area contributed by atoms with Crippen LogP contribution in [0, 0.1) is 0 Å². The smallest absolute Gasteiger partial charge is 0.189 e. The van der Waals surface area contributed by atoms with Gasteiger partial charge in [0.15, 0.2) is 5.43 Å². The molecule has 1 fully saturated rings. The minimum Gasteiger partial charge on any atom is -0.390 e. The molecule has 2 aromatic rings. The largest absolute Gasteiger partial charge is 0.390 e. The summed E-state index contributed by atoms with van der Waals surface area (Å²) < 4.78 is 1.94. The van der Waals surface area contributed by atoms with Crippen molar-refractivity contribution in [2.24, 2.45) is 0 Å². The zero-order valence-electron chi connectivity index (χ0n) is 10.7. The number of aliphatic hydroxyl groups excluding tert-OH is 1. The Kier molecular flexibility index (Phi) is 3.36. The summed E-state index contributed by atoms with van der Waals surface area (Å²) in [6.07, 6.45) is 3.75. The predicted octanol–water partition coefficient (Wildman–Crippen LogP) is 1.11. The molecule has 4 nitrogen and oxygen atoms in total. The number of nitrogens with zero attached hydrogens (tertiary/aromatic N) is 1. The second-order valence-electron chi connectivity index (χ2n) is 5.19. The van der Waals surface area contributed by atoms with Crippen molar-refractivity contribution in [3.63, 3.8) is 0 Å². The number of rotatable bonds is 5. The molecule has 100 valence electrons. The molecule has 0 amide bonds. The first-order chi connectivity index (χ1) is 9.24. The Labute approximate surface area is 111 Å². The molecule has 0 spiro atoms. The van der Waals surface area contributed by atoms with Crippen molar-refractivity contribution in [1.82, 2.24) is 9.88 Å². The number of aromatic nitrogens is 1. The monoisotopic (exact) mass is 258 g/mol. The summed E-state index contributed by atoms with van der Waals surface area (Å²) in [4.78, 5) is 11.8. The zero-order chi connectivity index (χ0) is 13.2. The first-order valence-corrected chi connectivity index (χ1v) is 6.73. The van der Waals surface area contributed by atoms with Gasteiger partial charge in [-0.25, -0.2) is 0 Å². The lowest BCUT2D eigenvalue weighted by Crippen LogP contribution is -2.31. The molecule has 1 heterocycles. The Morgan fingerprint density at radius 2 is 2.11 bits per heavy atom. The molecule has 1 unspecified atom stereocenters.